The van der Waals surface area contributed by atoms with E-state index in [9.17, 15) is 9.90 Å². The summed E-state index contributed by atoms with van der Waals surface area (Å²) in [5.41, 5.74) is -1.87. The first-order valence-corrected chi connectivity index (χ1v) is 4.46. The van der Waals surface area contributed by atoms with E-state index in [1.165, 1.54) is 6.92 Å². The van der Waals surface area contributed by atoms with Crippen molar-refractivity contribution in [3.63, 3.8) is 0 Å². The Morgan fingerprint density at radius 2 is 1.86 bits per heavy atom. The molecule has 84 valence electrons. The highest BCUT2D eigenvalue weighted by molar-refractivity contribution is 5.67. The third-order valence-corrected chi connectivity index (χ3v) is 1.35. The van der Waals surface area contributed by atoms with Crippen molar-refractivity contribution in [3.05, 3.63) is 0 Å². The van der Waals surface area contributed by atoms with Crippen molar-refractivity contribution in [3.8, 4) is 0 Å². The molecular weight excluding hydrogens is 186 g/mol. The third-order valence-electron chi connectivity index (χ3n) is 1.35. The van der Waals surface area contributed by atoms with E-state index in [0.29, 0.717) is 0 Å². The normalized spacial score (nSPS) is 15.9. The van der Waals surface area contributed by atoms with E-state index in [1.807, 2.05) is 0 Å². The predicted molar refractivity (Wildman–Crippen MR) is 51.9 cm³/mol. The van der Waals surface area contributed by atoms with E-state index >= 15 is 0 Å². The van der Waals surface area contributed by atoms with E-state index in [0.717, 1.165) is 0 Å². The van der Waals surface area contributed by atoms with Crippen LogP contribution < -0.4 is 5.32 Å². The summed E-state index contributed by atoms with van der Waals surface area (Å²) < 4.78 is 4.93. The molecule has 1 unspecified atom stereocenters. The van der Waals surface area contributed by atoms with Crippen LogP contribution in [0.2, 0.25) is 0 Å². The van der Waals surface area contributed by atoms with E-state index in [1.54, 1.807) is 20.8 Å². The fourth-order valence-electron chi connectivity index (χ4n) is 0.633. The molecule has 5 heteroatoms. The zero-order chi connectivity index (χ0) is 11.4. The highest BCUT2D eigenvalue weighted by Gasteiger charge is 2.22. The molecule has 0 saturated heterocycles. The molecule has 0 rings (SSSR count). The zero-order valence-electron chi connectivity index (χ0n) is 9.13. The van der Waals surface area contributed by atoms with Gasteiger partial charge in [0.05, 0.1) is 13.2 Å². The Morgan fingerprint density at radius 3 is 2.21 bits per heavy atom. The Labute approximate surface area is 84.1 Å². The molecule has 14 heavy (non-hydrogen) atoms. The average Bonchev–Trinajstić information content (AvgIpc) is 1.98. The van der Waals surface area contributed by atoms with Crippen LogP contribution in [0.15, 0.2) is 0 Å². The molecule has 0 heterocycles. The van der Waals surface area contributed by atoms with Crippen molar-refractivity contribution in [2.75, 3.05) is 13.2 Å². The molecule has 0 aliphatic carbocycles. The summed E-state index contributed by atoms with van der Waals surface area (Å²) in [6.07, 6.45) is -0.605. The quantitative estimate of drug-likeness (QED) is 0.617. The minimum Gasteiger partial charge on any atom is -0.444 e. The third kappa shape index (κ3) is 6.68. The van der Waals surface area contributed by atoms with Gasteiger partial charge in [0.2, 0.25) is 0 Å². The molecule has 0 aromatic heterocycles. The maximum atomic E-state index is 11.1. The number of ether oxygens (including phenoxy) is 1. The van der Waals surface area contributed by atoms with Gasteiger partial charge < -0.3 is 20.3 Å². The molecule has 0 saturated carbocycles. The van der Waals surface area contributed by atoms with Crippen LogP contribution in [0.1, 0.15) is 27.7 Å². The van der Waals surface area contributed by atoms with Gasteiger partial charge in [-0.3, -0.25) is 0 Å². The van der Waals surface area contributed by atoms with Crippen LogP contribution >= 0.6 is 0 Å². The second kappa shape index (κ2) is 4.61. The fraction of sp³-hybridized carbons (Fsp3) is 0.889. The van der Waals surface area contributed by atoms with Crippen LogP contribution in [0, 0.1) is 0 Å². The van der Waals surface area contributed by atoms with E-state index in [-0.39, 0.29) is 6.54 Å². The standard InChI is InChI=1S/C9H19NO4/c1-8(2,3)14-7(12)10-5-9(4,13)6-11/h11,13H,5-6H2,1-4H3,(H,10,12). The lowest BCUT2D eigenvalue weighted by Crippen LogP contribution is -2.44. The summed E-state index contributed by atoms with van der Waals surface area (Å²) in [5, 5.41) is 20.4. The molecular formula is C9H19NO4. The zero-order valence-corrected chi connectivity index (χ0v) is 9.13. The number of alkyl carbamates (subject to hydrolysis) is 1. The summed E-state index contributed by atoms with van der Waals surface area (Å²) in [5.74, 6) is 0. The van der Waals surface area contributed by atoms with Crippen LogP contribution in [0.3, 0.4) is 0 Å². The highest BCUT2D eigenvalue weighted by Crippen LogP contribution is 2.07. The van der Waals surface area contributed by atoms with Crippen LogP contribution in [-0.2, 0) is 4.74 Å². The molecule has 0 aromatic rings. The van der Waals surface area contributed by atoms with Gasteiger partial charge in [0.15, 0.2) is 0 Å². The Hall–Kier alpha value is -0.810. The van der Waals surface area contributed by atoms with Crippen LogP contribution in [0.4, 0.5) is 4.79 Å². The van der Waals surface area contributed by atoms with Gasteiger partial charge >= 0.3 is 6.09 Å². The number of amides is 1. The highest BCUT2D eigenvalue weighted by atomic mass is 16.6. The Bertz CT molecular complexity index is 195. The summed E-state index contributed by atoms with van der Waals surface area (Å²) in [6.45, 7) is 6.20. The monoisotopic (exact) mass is 205 g/mol. The smallest absolute Gasteiger partial charge is 0.407 e. The first-order chi connectivity index (χ1) is 6.16. The molecule has 3 N–H and O–H groups in total. The maximum Gasteiger partial charge on any atom is 0.407 e. The fourth-order valence-corrected chi connectivity index (χ4v) is 0.633. The predicted octanol–water partition coefficient (Wildman–Crippen LogP) is 0.254. The Morgan fingerprint density at radius 1 is 1.36 bits per heavy atom. The van der Waals surface area contributed by atoms with Crippen LogP contribution in [0.25, 0.3) is 0 Å². The van der Waals surface area contributed by atoms with Crippen molar-refractivity contribution in [1.82, 2.24) is 5.32 Å². The van der Waals surface area contributed by atoms with E-state index in [2.05, 4.69) is 5.32 Å². The lowest BCUT2D eigenvalue weighted by Gasteiger charge is -2.23. The first-order valence-electron chi connectivity index (χ1n) is 4.46. The van der Waals surface area contributed by atoms with Crippen molar-refractivity contribution in [2.24, 2.45) is 0 Å². The summed E-state index contributed by atoms with van der Waals surface area (Å²) in [4.78, 5) is 11.1. The Kier molecular flexibility index (Phi) is 4.35. The molecule has 0 aromatic carbocycles. The van der Waals surface area contributed by atoms with Gasteiger partial charge in [0, 0.05) is 0 Å². The minimum absolute atomic E-state index is 0.0432. The van der Waals surface area contributed by atoms with Crippen LogP contribution in [-0.4, -0.2) is 40.7 Å². The number of rotatable bonds is 3. The van der Waals surface area contributed by atoms with Crippen molar-refractivity contribution < 1.29 is 19.7 Å². The topological polar surface area (TPSA) is 78.8 Å². The number of aliphatic hydroxyl groups excluding tert-OH is 1. The number of hydrogen-bond donors (Lipinski definition) is 3. The van der Waals surface area contributed by atoms with E-state index in [4.69, 9.17) is 9.84 Å². The lowest BCUT2D eigenvalue weighted by molar-refractivity contribution is -0.00255. The SMILES string of the molecule is CC(O)(CO)CNC(=O)OC(C)(C)C. The lowest BCUT2D eigenvalue weighted by atomic mass is 10.1. The molecule has 1 atom stereocenters. The average molecular weight is 205 g/mol. The number of hydrogen-bond acceptors (Lipinski definition) is 4. The number of aliphatic hydroxyl groups is 2. The second-order valence-corrected chi connectivity index (χ2v) is 4.51. The minimum atomic E-state index is -1.31. The van der Waals surface area contributed by atoms with Gasteiger partial charge in [-0.1, -0.05) is 0 Å². The molecule has 0 bridgehead atoms. The van der Waals surface area contributed by atoms with Crippen molar-refractivity contribution in [1.29, 1.82) is 0 Å². The molecule has 0 aliphatic heterocycles. The van der Waals surface area contributed by atoms with Gasteiger partial charge in [-0.05, 0) is 27.7 Å². The van der Waals surface area contributed by atoms with Gasteiger partial charge in [-0.25, -0.2) is 4.79 Å². The van der Waals surface area contributed by atoms with Gasteiger partial charge in [0.25, 0.3) is 0 Å². The van der Waals surface area contributed by atoms with Crippen molar-refractivity contribution >= 4 is 6.09 Å². The molecule has 0 fully saturated rings. The van der Waals surface area contributed by atoms with Gasteiger partial charge in [-0.2, -0.15) is 0 Å². The molecule has 1 amide bonds. The summed E-state index contributed by atoms with van der Waals surface area (Å²) in [6, 6.07) is 0. The molecule has 0 aliphatic rings. The van der Waals surface area contributed by atoms with Crippen LogP contribution in [0.5, 0.6) is 0 Å². The molecule has 0 spiro atoms. The number of carbonyl (C=O) groups excluding carboxylic acids is 1. The maximum absolute atomic E-state index is 11.1. The molecule has 5 nitrogen and oxygen atoms in total. The summed E-state index contributed by atoms with van der Waals surface area (Å²) in [7, 11) is 0. The van der Waals surface area contributed by atoms with E-state index < -0.39 is 23.9 Å². The Balaban J connectivity index is 3.87. The first kappa shape index (κ1) is 13.2. The number of nitrogens with one attached hydrogen (secondary N) is 1. The number of carbonyl (C=O) groups is 1. The van der Waals surface area contributed by atoms with Gasteiger partial charge in [0.1, 0.15) is 11.2 Å². The van der Waals surface area contributed by atoms with Crippen molar-refractivity contribution in [2.45, 2.75) is 38.9 Å². The summed E-state index contributed by atoms with van der Waals surface area (Å²) >= 11 is 0. The van der Waals surface area contributed by atoms with Gasteiger partial charge in [-0.15, -0.1) is 0 Å². The molecule has 0 radical (unpaired) electrons. The largest absolute Gasteiger partial charge is 0.444 e. The second-order valence-electron chi connectivity index (χ2n) is 4.51.